The van der Waals surface area contributed by atoms with E-state index >= 15 is 0 Å². The number of ether oxygens (including phenoxy) is 1. The van der Waals surface area contributed by atoms with Gasteiger partial charge in [-0.25, -0.2) is 0 Å². The van der Waals surface area contributed by atoms with E-state index in [-0.39, 0.29) is 30.3 Å². The van der Waals surface area contributed by atoms with Gasteiger partial charge < -0.3 is 15.4 Å². The Morgan fingerprint density at radius 1 is 1.36 bits per heavy atom. The monoisotopic (exact) mass is 316 g/mol. The minimum absolute atomic E-state index is 0.0486. The fourth-order valence-electron chi connectivity index (χ4n) is 2.55. The Bertz CT molecular complexity index is 517. The number of nitrogens with zero attached hydrogens (tertiary/aromatic N) is 1. The van der Waals surface area contributed by atoms with Gasteiger partial charge in [-0.05, 0) is 44.0 Å². The van der Waals surface area contributed by atoms with E-state index in [1.54, 1.807) is 4.90 Å². The fourth-order valence-corrected chi connectivity index (χ4v) is 2.55. The Kier molecular flexibility index (Phi) is 4.95. The van der Waals surface area contributed by atoms with E-state index in [1.807, 2.05) is 6.92 Å². The van der Waals surface area contributed by atoms with Crippen LogP contribution in [0.3, 0.4) is 0 Å². The summed E-state index contributed by atoms with van der Waals surface area (Å²) in [7, 11) is 0. The van der Waals surface area contributed by atoms with Gasteiger partial charge in [0.15, 0.2) is 6.61 Å². The van der Waals surface area contributed by atoms with E-state index in [2.05, 4.69) is 0 Å². The molecule has 0 spiro atoms. The predicted molar refractivity (Wildman–Crippen MR) is 75.3 cm³/mol. The largest absolute Gasteiger partial charge is 0.484 e. The van der Waals surface area contributed by atoms with Crippen LogP contribution >= 0.6 is 0 Å². The number of nitrogens with two attached hydrogens (primary N) is 1. The molecule has 1 aliphatic heterocycles. The number of amides is 1. The molecule has 0 saturated carbocycles. The van der Waals surface area contributed by atoms with E-state index in [4.69, 9.17) is 10.5 Å². The van der Waals surface area contributed by atoms with Crippen LogP contribution in [-0.2, 0) is 11.0 Å². The second kappa shape index (κ2) is 6.56. The van der Waals surface area contributed by atoms with Gasteiger partial charge in [0.2, 0.25) is 0 Å². The first-order valence-electron chi connectivity index (χ1n) is 7.12. The van der Waals surface area contributed by atoms with Crippen molar-refractivity contribution in [3.8, 4) is 5.75 Å². The maximum Gasteiger partial charge on any atom is 0.416 e. The van der Waals surface area contributed by atoms with Crippen LogP contribution in [0.5, 0.6) is 5.75 Å². The van der Waals surface area contributed by atoms with Crippen LogP contribution in [0.4, 0.5) is 13.2 Å². The van der Waals surface area contributed by atoms with Gasteiger partial charge in [0.05, 0.1) is 5.56 Å². The molecule has 22 heavy (non-hydrogen) atoms. The molecular formula is C15H19F3N2O2. The smallest absolute Gasteiger partial charge is 0.416 e. The molecule has 122 valence electrons. The summed E-state index contributed by atoms with van der Waals surface area (Å²) in [5.74, 6) is 0.0574. The van der Waals surface area contributed by atoms with Crippen molar-refractivity contribution < 1.29 is 22.7 Å². The van der Waals surface area contributed by atoms with Crippen LogP contribution in [0.15, 0.2) is 24.3 Å². The summed E-state index contributed by atoms with van der Waals surface area (Å²) in [5, 5.41) is 0. The fraction of sp³-hybridized carbons (Fsp3) is 0.533. The third kappa shape index (κ3) is 4.13. The normalized spacial score (nSPS) is 22.5. The highest BCUT2D eigenvalue weighted by Gasteiger charge is 2.30. The number of hydrogen-bond acceptors (Lipinski definition) is 3. The lowest BCUT2D eigenvalue weighted by Gasteiger charge is -2.36. The van der Waals surface area contributed by atoms with Crippen molar-refractivity contribution in [2.45, 2.75) is 38.0 Å². The van der Waals surface area contributed by atoms with Crippen molar-refractivity contribution in [1.82, 2.24) is 4.90 Å². The second-order valence-corrected chi connectivity index (χ2v) is 5.53. The Morgan fingerprint density at radius 3 is 2.55 bits per heavy atom. The van der Waals surface area contributed by atoms with Crippen molar-refractivity contribution in [3.63, 3.8) is 0 Å². The number of piperidine rings is 1. The molecular weight excluding hydrogens is 297 g/mol. The number of likely N-dealkylation sites (tertiary alicyclic amines) is 1. The topological polar surface area (TPSA) is 55.6 Å². The van der Waals surface area contributed by atoms with Crippen molar-refractivity contribution >= 4 is 5.91 Å². The van der Waals surface area contributed by atoms with Crippen molar-refractivity contribution in [1.29, 1.82) is 0 Å². The standard InChI is InChI=1S/C15H19F3N2O2/c1-10-8-12(19)6-7-20(10)14(21)9-22-13-4-2-11(3-5-13)15(16,17)18/h2-5,10,12H,6-9,19H2,1H3/t10-,12-/m0/s1. The zero-order valence-corrected chi connectivity index (χ0v) is 12.3. The molecule has 0 aliphatic carbocycles. The predicted octanol–water partition coefficient (Wildman–Crippen LogP) is 2.42. The van der Waals surface area contributed by atoms with Crippen molar-refractivity contribution in [2.24, 2.45) is 5.73 Å². The van der Waals surface area contributed by atoms with Gasteiger partial charge >= 0.3 is 6.18 Å². The quantitative estimate of drug-likeness (QED) is 0.932. The lowest BCUT2D eigenvalue weighted by molar-refractivity contribution is -0.138. The van der Waals surface area contributed by atoms with E-state index in [1.165, 1.54) is 12.1 Å². The highest BCUT2D eigenvalue weighted by atomic mass is 19.4. The van der Waals surface area contributed by atoms with Gasteiger partial charge in [0.1, 0.15) is 5.75 Å². The molecule has 1 aromatic rings. The average Bonchev–Trinajstić information content (AvgIpc) is 2.44. The van der Waals surface area contributed by atoms with Gasteiger partial charge in [-0.1, -0.05) is 0 Å². The van der Waals surface area contributed by atoms with Crippen LogP contribution in [0.2, 0.25) is 0 Å². The minimum Gasteiger partial charge on any atom is -0.484 e. The summed E-state index contributed by atoms with van der Waals surface area (Å²) >= 11 is 0. The molecule has 2 atom stereocenters. The van der Waals surface area contributed by atoms with Crippen LogP contribution < -0.4 is 10.5 Å². The van der Waals surface area contributed by atoms with Gasteiger partial charge in [-0.15, -0.1) is 0 Å². The first-order valence-corrected chi connectivity index (χ1v) is 7.12. The van der Waals surface area contributed by atoms with Crippen LogP contribution in [-0.4, -0.2) is 36.0 Å². The molecule has 1 saturated heterocycles. The van der Waals surface area contributed by atoms with E-state index in [0.29, 0.717) is 6.54 Å². The highest BCUT2D eigenvalue weighted by Crippen LogP contribution is 2.30. The maximum atomic E-state index is 12.4. The molecule has 1 heterocycles. The molecule has 0 aromatic heterocycles. The number of hydrogen-bond donors (Lipinski definition) is 1. The Hall–Kier alpha value is -1.76. The molecule has 1 aromatic carbocycles. The zero-order chi connectivity index (χ0) is 16.3. The average molecular weight is 316 g/mol. The number of carbonyl (C=O) groups excluding carboxylic acids is 1. The van der Waals surface area contributed by atoms with Crippen LogP contribution in [0.1, 0.15) is 25.3 Å². The van der Waals surface area contributed by atoms with Gasteiger partial charge in [0.25, 0.3) is 5.91 Å². The van der Waals surface area contributed by atoms with E-state index in [9.17, 15) is 18.0 Å². The molecule has 7 heteroatoms. The van der Waals surface area contributed by atoms with Gasteiger partial charge in [-0.2, -0.15) is 13.2 Å². The highest BCUT2D eigenvalue weighted by molar-refractivity contribution is 5.78. The first kappa shape index (κ1) is 16.6. The third-order valence-corrected chi connectivity index (χ3v) is 3.78. The SMILES string of the molecule is C[C@H]1C[C@@H](N)CCN1C(=O)COc1ccc(C(F)(F)F)cc1. The molecule has 1 amide bonds. The van der Waals surface area contributed by atoms with Crippen LogP contribution in [0.25, 0.3) is 0 Å². The maximum absolute atomic E-state index is 12.4. The molecule has 0 radical (unpaired) electrons. The molecule has 1 aliphatic rings. The molecule has 2 N–H and O–H groups in total. The second-order valence-electron chi connectivity index (χ2n) is 5.53. The van der Waals surface area contributed by atoms with Crippen molar-refractivity contribution in [3.05, 3.63) is 29.8 Å². The van der Waals surface area contributed by atoms with Crippen molar-refractivity contribution in [2.75, 3.05) is 13.2 Å². The molecule has 2 rings (SSSR count). The lowest BCUT2D eigenvalue weighted by Crippen LogP contribution is -2.49. The van der Waals surface area contributed by atoms with E-state index in [0.717, 1.165) is 25.0 Å². The Morgan fingerprint density at radius 2 is 2.00 bits per heavy atom. The third-order valence-electron chi connectivity index (χ3n) is 3.78. The molecule has 0 unspecified atom stereocenters. The van der Waals surface area contributed by atoms with E-state index < -0.39 is 11.7 Å². The number of halogens is 3. The molecule has 4 nitrogen and oxygen atoms in total. The van der Waals surface area contributed by atoms with Gasteiger partial charge in [0, 0.05) is 18.6 Å². The number of carbonyl (C=O) groups is 1. The summed E-state index contributed by atoms with van der Waals surface area (Å²) in [5.41, 5.74) is 5.10. The van der Waals surface area contributed by atoms with Gasteiger partial charge in [-0.3, -0.25) is 4.79 Å². The Labute approximate surface area is 127 Å². The molecule has 1 fully saturated rings. The Balaban J connectivity index is 1.88. The summed E-state index contributed by atoms with van der Waals surface area (Å²) in [6, 6.07) is 4.45. The lowest BCUT2D eigenvalue weighted by atomic mass is 9.99. The summed E-state index contributed by atoms with van der Waals surface area (Å²) in [6.07, 6.45) is -2.89. The zero-order valence-electron chi connectivity index (χ0n) is 12.3. The summed E-state index contributed by atoms with van der Waals surface area (Å²) in [6.45, 7) is 2.32. The number of benzene rings is 1. The minimum atomic E-state index is -4.38. The number of rotatable bonds is 3. The number of alkyl halides is 3. The summed E-state index contributed by atoms with van der Waals surface area (Å²) in [4.78, 5) is 13.8. The summed E-state index contributed by atoms with van der Waals surface area (Å²) < 4.78 is 42.6. The molecule has 0 bridgehead atoms. The van der Waals surface area contributed by atoms with Crippen LogP contribution in [0, 0.1) is 0 Å². The first-order chi connectivity index (χ1) is 10.3.